The molecule has 1 aromatic heterocycles. The van der Waals surface area contributed by atoms with Crippen LogP contribution in [-0.2, 0) is 4.74 Å². The van der Waals surface area contributed by atoms with Crippen LogP contribution in [0, 0.1) is 0 Å². The van der Waals surface area contributed by atoms with Crippen molar-refractivity contribution in [1.82, 2.24) is 19.8 Å². The van der Waals surface area contributed by atoms with Gasteiger partial charge in [0.25, 0.3) is 5.91 Å². The van der Waals surface area contributed by atoms with Crippen LogP contribution in [0.25, 0.3) is 0 Å². The van der Waals surface area contributed by atoms with Gasteiger partial charge in [-0.3, -0.25) is 9.69 Å². The SMILES string of the molecule is C[C@@H]1CCCCN1C1CN(C(=O)c2cnc(N3CCOCC3)nc2)C1. The summed E-state index contributed by atoms with van der Waals surface area (Å²) in [6.45, 7) is 8.14. The molecular weight excluding hydrogens is 318 g/mol. The molecule has 3 aliphatic heterocycles. The molecule has 4 heterocycles. The highest BCUT2D eigenvalue weighted by atomic mass is 16.5. The second-order valence-electron chi connectivity index (χ2n) is 7.32. The molecule has 4 rings (SSSR count). The molecular formula is C18H27N5O2. The first-order chi connectivity index (χ1) is 12.2. The van der Waals surface area contributed by atoms with Gasteiger partial charge in [0, 0.05) is 50.7 Å². The van der Waals surface area contributed by atoms with Gasteiger partial charge in [0.1, 0.15) is 0 Å². The number of hydrogen-bond donors (Lipinski definition) is 0. The van der Waals surface area contributed by atoms with E-state index in [1.165, 1.54) is 25.8 Å². The van der Waals surface area contributed by atoms with Crippen molar-refractivity contribution in [1.29, 1.82) is 0 Å². The van der Waals surface area contributed by atoms with Crippen LogP contribution in [0.5, 0.6) is 0 Å². The van der Waals surface area contributed by atoms with Crippen molar-refractivity contribution >= 4 is 11.9 Å². The Morgan fingerprint density at radius 3 is 2.52 bits per heavy atom. The fraction of sp³-hybridized carbons (Fsp3) is 0.722. The van der Waals surface area contributed by atoms with Gasteiger partial charge in [0.2, 0.25) is 5.95 Å². The van der Waals surface area contributed by atoms with Crippen molar-refractivity contribution in [3.63, 3.8) is 0 Å². The zero-order valence-electron chi connectivity index (χ0n) is 14.9. The Kier molecular flexibility index (Phi) is 4.85. The maximum absolute atomic E-state index is 12.6. The minimum atomic E-state index is 0.0504. The van der Waals surface area contributed by atoms with Crippen LogP contribution in [0.3, 0.4) is 0 Å². The number of nitrogens with zero attached hydrogens (tertiary/aromatic N) is 5. The average molecular weight is 345 g/mol. The van der Waals surface area contributed by atoms with Gasteiger partial charge in [-0.05, 0) is 26.3 Å². The molecule has 25 heavy (non-hydrogen) atoms. The van der Waals surface area contributed by atoms with Gasteiger partial charge in [0.05, 0.1) is 18.8 Å². The molecule has 0 unspecified atom stereocenters. The minimum Gasteiger partial charge on any atom is -0.378 e. The highest BCUT2D eigenvalue weighted by Crippen LogP contribution is 2.25. The van der Waals surface area contributed by atoms with E-state index in [0.717, 1.165) is 26.2 Å². The third-order valence-corrected chi connectivity index (χ3v) is 5.65. The summed E-state index contributed by atoms with van der Waals surface area (Å²) in [5.41, 5.74) is 0.585. The zero-order valence-corrected chi connectivity index (χ0v) is 14.9. The number of carbonyl (C=O) groups is 1. The van der Waals surface area contributed by atoms with Crippen molar-refractivity contribution < 1.29 is 9.53 Å². The monoisotopic (exact) mass is 345 g/mol. The van der Waals surface area contributed by atoms with Gasteiger partial charge in [-0.1, -0.05) is 6.42 Å². The number of carbonyl (C=O) groups excluding carboxylic acids is 1. The molecule has 3 fully saturated rings. The summed E-state index contributed by atoms with van der Waals surface area (Å²) in [5.74, 6) is 0.734. The molecule has 1 aromatic rings. The maximum atomic E-state index is 12.6. The first kappa shape index (κ1) is 16.7. The van der Waals surface area contributed by atoms with Crippen LogP contribution in [0.4, 0.5) is 5.95 Å². The van der Waals surface area contributed by atoms with E-state index < -0.39 is 0 Å². The molecule has 0 spiro atoms. The summed E-state index contributed by atoms with van der Waals surface area (Å²) < 4.78 is 5.34. The smallest absolute Gasteiger partial charge is 0.257 e. The van der Waals surface area contributed by atoms with Crippen LogP contribution in [-0.4, -0.2) is 83.7 Å². The van der Waals surface area contributed by atoms with E-state index >= 15 is 0 Å². The molecule has 7 nitrogen and oxygen atoms in total. The summed E-state index contributed by atoms with van der Waals surface area (Å²) in [6, 6.07) is 1.17. The summed E-state index contributed by atoms with van der Waals surface area (Å²) in [5, 5.41) is 0. The van der Waals surface area contributed by atoms with E-state index in [1.54, 1.807) is 12.4 Å². The number of anilines is 1. The number of likely N-dealkylation sites (tertiary alicyclic amines) is 2. The van der Waals surface area contributed by atoms with Gasteiger partial charge in [-0.2, -0.15) is 0 Å². The number of ether oxygens (including phenoxy) is 1. The van der Waals surface area contributed by atoms with Crippen LogP contribution >= 0.6 is 0 Å². The summed E-state index contributed by atoms with van der Waals surface area (Å²) in [7, 11) is 0. The van der Waals surface area contributed by atoms with Crippen LogP contribution < -0.4 is 4.90 Å². The van der Waals surface area contributed by atoms with Gasteiger partial charge >= 0.3 is 0 Å². The fourth-order valence-electron chi connectivity index (χ4n) is 4.03. The highest BCUT2D eigenvalue weighted by molar-refractivity contribution is 5.94. The zero-order chi connectivity index (χ0) is 17.2. The molecule has 0 aliphatic carbocycles. The standard InChI is InChI=1S/C18H27N5O2/c1-14-4-2-3-5-23(14)16-12-22(13-16)17(24)15-10-19-18(20-11-15)21-6-8-25-9-7-21/h10-11,14,16H,2-9,12-13H2,1H3/t14-/m1/s1. The molecule has 3 saturated heterocycles. The first-order valence-corrected chi connectivity index (χ1v) is 9.42. The second kappa shape index (κ2) is 7.25. The molecule has 7 heteroatoms. The Balaban J connectivity index is 1.32. The molecule has 0 aromatic carbocycles. The number of hydrogen-bond acceptors (Lipinski definition) is 6. The van der Waals surface area contributed by atoms with Crippen molar-refractivity contribution in [3.8, 4) is 0 Å². The normalized spacial score (nSPS) is 25.7. The number of amides is 1. The van der Waals surface area contributed by atoms with E-state index in [-0.39, 0.29) is 5.91 Å². The van der Waals surface area contributed by atoms with Crippen molar-refractivity contribution in [2.24, 2.45) is 0 Å². The van der Waals surface area contributed by atoms with Gasteiger partial charge < -0.3 is 14.5 Å². The lowest BCUT2D eigenvalue weighted by Gasteiger charge is -2.49. The van der Waals surface area contributed by atoms with Gasteiger partial charge in [0.15, 0.2) is 0 Å². The summed E-state index contributed by atoms with van der Waals surface area (Å²) >= 11 is 0. The Morgan fingerprint density at radius 2 is 1.84 bits per heavy atom. The lowest BCUT2D eigenvalue weighted by Crippen LogP contribution is -2.63. The Bertz CT molecular complexity index is 596. The van der Waals surface area contributed by atoms with E-state index in [9.17, 15) is 4.79 Å². The maximum Gasteiger partial charge on any atom is 0.257 e. The predicted octanol–water partition coefficient (Wildman–Crippen LogP) is 1.01. The second-order valence-corrected chi connectivity index (χ2v) is 7.32. The number of rotatable bonds is 3. The van der Waals surface area contributed by atoms with E-state index in [1.807, 2.05) is 4.90 Å². The molecule has 0 bridgehead atoms. The van der Waals surface area contributed by atoms with Crippen LogP contribution in [0.15, 0.2) is 12.4 Å². The lowest BCUT2D eigenvalue weighted by molar-refractivity contribution is 0.00208. The van der Waals surface area contributed by atoms with Crippen LogP contribution in [0.2, 0.25) is 0 Å². The first-order valence-electron chi connectivity index (χ1n) is 9.42. The number of piperidine rings is 1. The quantitative estimate of drug-likeness (QED) is 0.815. The molecule has 1 atom stereocenters. The van der Waals surface area contributed by atoms with Crippen molar-refractivity contribution in [3.05, 3.63) is 18.0 Å². The third-order valence-electron chi connectivity index (χ3n) is 5.65. The fourth-order valence-corrected chi connectivity index (χ4v) is 4.03. The minimum absolute atomic E-state index is 0.0504. The third kappa shape index (κ3) is 3.48. The molecule has 0 N–H and O–H groups in total. The molecule has 1 amide bonds. The molecule has 136 valence electrons. The topological polar surface area (TPSA) is 61.8 Å². The summed E-state index contributed by atoms with van der Waals surface area (Å²) in [4.78, 5) is 28.0. The number of aromatic nitrogens is 2. The highest BCUT2D eigenvalue weighted by Gasteiger charge is 2.37. The lowest BCUT2D eigenvalue weighted by atomic mass is 9.97. The Labute approximate surface area is 149 Å². The Morgan fingerprint density at radius 1 is 1.12 bits per heavy atom. The predicted molar refractivity (Wildman–Crippen MR) is 94.8 cm³/mol. The Hall–Kier alpha value is -1.73. The van der Waals surface area contributed by atoms with Gasteiger partial charge in [-0.15, -0.1) is 0 Å². The van der Waals surface area contributed by atoms with E-state index in [2.05, 4.69) is 26.7 Å². The largest absolute Gasteiger partial charge is 0.378 e. The summed E-state index contributed by atoms with van der Waals surface area (Å²) in [6.07, 6.45) is 7.22. The molecule has 0 radical (unpaired) electrons. The van der Waals surface area contributed by atoms with E-state index in [0.29, 0.717) is 36.8 Å². The molecule has 3 aliphatic rings. The number of morpholine rings is 1. The van der Waals surface area contributed by atoms with Crippen LogP contribution in [0.1, 0.15) is 36.5 Å². The van der Waals surface area contributed by atoms with Gasteiger partial charge in [-0.25, -0.2) is 9.97 Å². The van der Waals surface area contributed by atoms with E-state index in [4.69, 9.17) is 4.74 Å². The van der Waals surface area contributed by atoms with Crippen molar-refractivity contribution in [2.75, 3.05) is 50.8 Å². The average Bonchev–Trinajstić information content (AvgIpc) is 2.63. The van der Waals surface area contributed by atoms with Crippen molar-refractivity contribution in [2.45, 2.75) is 38.3 Å². The molecule has 0 saturated carbocycles.